The molecule has 0 saturated carbocycles. The quantitative estimate of drug-likeness (QED) is 0.192. The van der Waals surface area contributed by atoms with Crippen LogP contribution in [-0.4, -0.2) is 0 Å². The van der Waals surface area contributed by atoms with Crippen LogP contribution in [-0.2, 0) is 5.41 Å². The van der Waals surface area contributed by atoms with Gasteiger partial charge in [-0.15, -0.1) is 0 Å². The lowest BCUT2D eigenvalue weighted by Crippen LogP contribution is -2.16. The van der Waals surface area contributed by atoms with Gasteiger partial charge in [0, 0.05) is 11.1 Å². The highest BCUT2D eigenvalue weighted by molar-refractivity contribution is 5.95. The topological polar surface area (TPSA) is 12.5 Å². The SMILES string of the molecule is Cc1cc(C)c2c(c1)-c1c(-c3ccc(N4c5ccc(-c6ccccc6)cc5Oc5cc(-c6ccccc6)ccc54)cc3)cccc1C2(C)C. The van der Waals surface area contributed by atoms with Gasteiger partial charge in [0.15, 0.2) is 11.5 Å². The van der Waals surface area contributed by atoms with Crippen LogP contribution < -0.4 is 9.64 Å². The highest BCUT2D eigenvalue weighted by atomic mass is 16.5. The van der Waals surface area contributed by atoms with E-state index in [4.69, 9.17) is 4.74 Å². The third-order valence-electron chi connectivity index (χ3n) is 10.4. The number of aryl methyl sites for hydroxylation is 2. The Morgan fingerprint density at radius 3 is 1.65 bits per heavy atom. The first-order chi connectivity index (χ1) is 23.9. The van der Waals surface area contributed by atoms with E-state index in [1.807, 2.05) is 0 Å². The smallest absolute Gasteiger partial charge is 0.152 e. The summed E-state index contributed by atoms with van der Waals surface area (Å²) >= 11 is 0. The van der Waals surface area contributed by atoms with Crippen LogP contribution in [0.15, 0.2) is 152 Å². The van der Waals surface area contributed by atoms with Crippen LogP contribution in [0.5, 0.6) is 11.5 Å². The van der Waals surface area contributed by atoms with E-state index in [1.165, 1.54) is 55.6 Å². The van der Waals surface area contributed by atoms with Gasteiger partial charge in [-0.2, -0.15) is 0 Å². The summed E-state index contributed by atoms with van der Waals surface area (Å²) in [6.45, 7) is 9.20. The van der Waals surface area contributed by atoms with Crippen LogP contribution >= 0.6 is 0 Å². The van der Waals surface area contributed by atoms with Crippen LogP contribution in [0.2, 0.25) is 0 Å². The zero-order chi connectivity index (χ0) is 33.3. The van der Waals surface area contributed by atoms with Crippen LogP contribution in [0.25, 0.3) is 44.5 Å². The molecule has 1 heterocycles. The molecule has 0 aromatic heterocycles. The molecule has 2 nitrogen and oxygen atoms in total. The van der Waals surface area contributed by atoms with E-state index in [0.29, 0.717) is 0 Å². The number of hydrogen-bond acceptors (Lipinski definition) is 2. The third kappa shape index (κ3) is 4.70. The van der Waals surface area contributed by atoms with E-state index in [9.17, 15) is 0 Å². The summed E-state index contributed by atoms with van der Waals surface area (Å²) in [6.07, 6.45) is 0. The van der Waals surface area contributed by atoms with Crippen molar-refractivity contribution in [3.05, 3.63) is 174 Å². The fourth-order valence-corrected chi connectivity index (χ4v) is 8.23. The van der Waals surface area contributed by atoms with Crippen molar-refractivity contribution in [1.29, 1.82) is 0 Å². The summed E-state index contributed by atoms with van der Waals surface area (Å²) in [7, 11) is 0. The van der Waals surface area contributed by atoms with E-state index >= 15 is 0 Å². The summed E-state index contributed by atoms with van der Waals surface area (Å²) in [4.78, 5) is 2.34. The average Bonchev–Trinajstić information content (AvgIpc) is 3.37. The Labute approximate surface area is 288 Å². The molecule has 0 amide bonds. The molecular formula is C47H37NO. The molecule has 0 N–H and O–H groups in total. The predicted octanol–water partition coefficient (Wildman–Crippen LogP) is 13.2. The molecule has 0 atom stereocenters. The fourth-order valence-electron chi connectivity index (χ4n) is 8.23. The van der Waals surface area contributed by atoms with Gasteiger partial charge in [0.1, 0.15) is 0 Å². The maximum atomic E-state index is 6.73. The van der Waals surface area contributed by atoms with E-state index in [0.717, 1.165) is 39.7 Å². The van der Waals surface area contributed by atoms with Crippen molar-refractivity contribution < 1.29 is 4.74 Å². The van der Waals surface area contributed by atoms with Gasteiger partial charge in [-0.05, 0) is 111 Å². The molecule has 49 heavy (non-hydrogen) atoms. The molecule has 0 saturated heterocycles. The zero-order valence-electron chi connectivity index (χ0n) is 28.3. The van der Waals surface area contributed by atoms with Gasteiger partial charge in [-0.3, -0.25) is 0 Å². The summed E-state index contributed by atoms with van der Waals surface area (Å²) in [6, 6.07) is 54.7. The molecule has 7 aromatic rings. The lowest BCUT2D eigenvalue weighted by molar-refractivity contribution is 0.477. The van der Waals surface area contributed by atoms with Crippen LogP contribution in [0.1, 0.15) is 36.1 Å². The van der Waals surface area contributed by atoms with Crippen molar-refractivity contribution in [1.82, 2.24) is 0 Å². The first-order valence-corrected chi connectivity index (χ1v) is 17.1. The summed E-state index contributed by atoms with van der Waals surface area (Å²) in [5.41, 5.74) is 18.4. The minimum absolute atomic E-state index is 0.0448. The molecule has 0 fully saturated rings. The second kappa shape index (κ2) is 11.1. The van der Waals surface area contributed by atoms with E-state index in [2.05, 4.69) is 184 Å². The molecule has 2 heteroatoms. The number of rotatable bonds is 4. The number of nitrogens with zero attached hydrogens (tertiary/aromatic N) is 1. The zero-order valence-corrected chi connectivity index (χ0v) is 28.3. The maximum absolute atomic E-state index is 6.73. The van der Waals surface area contributed by atoms with Crippen molar-refractivity contribution in [3.63, 3.8) is 0 Å². The summed E-state index contributed by atoms with van der Waals surface area (Å²) in [5, 5.41) is 0. The molecule has 9 rings (SSSR count). The van der Waals surface area contributed by atoms with Gasteiger partial charge in [0.25, 0.3) is 0 Å². The molecule has 0 spiro atoms. The molecule has 7 aromatic carbocycles. The minimum Gasteiger partial charge on any atom is -0.453 e. The maximum Gasteiger partial charge on any atom is 0.152 e. The normalized spacial score (nSPS) is 13.6. The third-order valence-corrected chi connectivity index (χ3v) is 10.4. The average molecular weight is 632 g/mol. The van der Waals surface area contributed by atoms with Gasteiger partial charge in [-0.1, -0.05) is 135 Å². The second-order valence-corrected chi connectivity index (χ2v) is 13.9. The van der Waals surface area contributed by atoms with Crippen LogP contribution in [0.4, 0.5) is 17.1 Å². The van der Waals surface area contributed by atoms with Gasteiger partial charge in [-0.25, -0.2) is 0 Å². The van der Waals surface area contributed by atoms with Crippen molar-refractivity contribution in [2.45, 2.75) is 33.1 Å². The lowest BCUT2D eigenvalue weighted by Gasteiger charge is -2.33. The highest BCUT2D eigenvalue weighted by Gasteiger charge is 2.38. The Hall–Kier alpha value is -5.86. The Morgan fingerprint density at radius 1 is 0.490 bits per heavy atom. The largest absolute Gasteiger partial charge is 0.453 e. The molecule has 0 unspecified atom stereocenters. The van der Waals surface area contributed by atoms with Crippen molar-refractivity contribution in [3.8, 4) is 56.0 Å². The molecule has 1 aliphatic carbocycles. The molecule has 236 valence electrons. The number of benzene rings is 7. The Morgan fingerprint density at radius 2 is 1.06 bits per heavy atom. The van der Waals surface area contributed by atoms with Crippen LogP contribution in [0.3, 0.4) is 0 Å². The van der Waals surface area contributed by atoms with E-state index in [-0.39, 0.29) is 5.41 Å². The summed E-state index contributed by atoms with van der Waals surface area (Å²) < 4.78 is 6.73. The predicted molar refractivity (Wildman–Crippen MR) is 205 cm³/mol. The Balaban J connectivity index is 1.17. The molecular weight excluding hydrogens is 595 g/mol. The Bertz CT molecular complexity index is 2300. The standard InChI is InChI=1S/C47H37NO/c1-30-26-31(2)46-39(27-30)45-38(16-11-17-40(45)47(46,3)4)34-18-22-37(23-19-34)48-41-24-20-35(32-12-7-5-8-13-32)28-43(41)49-44-29-36(21-25-42(44)48)33-14-9-6-10-15-33/h5-29H,1-4H3. The van der Waals surface area contributed by atoms with E-state index in [1.54, 1.807) is 0 Å². The minimum atomic E-state index is -0.0448. The lowest BCUT2D eigenvalue weighted by atomic mass is 9.80. The van der Waals surface area contributed by atoms with Gasteiger partial charge in [0.05, 0.1) is 11.4 Å². The van der Waals surface area contributed by atoms with Gasteiger partial charge in [0.2, 0.25) is 0 Å². The molecule has 2 aliphatic rings. The van der Waals surface area contributed by atoms with Crippen LogP contribution in [0, 0.1) is 13.8 Å². The number of fused-ring (bicyclic) bond motifs is 5. The van der Waals surface area contributed by atoms with Gasteiger partial charge < -0.3 is 9.64 Å². The van der Waals surface area contributed by atoms with Crippen molar-refractivity contribution in [2.24, 2.45) is 0 Å². The van der Waals surface area contributed by atoms with Crippen molar-refractivity contribution in [2.75, 3.05) is 4.90 Å². The first-order valence-electron chi connectivity index (χ1n) is 17.1. The molecule has 0 bridgehead atoms. The number of ether oxygens (including phenoxy) is 1. The number of hydrogen-bond donors (Lipinski definition) is 0. The van der Waals surface area contributed by atoms with Crippen molar-refractivity contribution >= 4 is 17.1 Å². The summed E-state index contributed by atoms with van der Waals surface area (Å²) in [5.74, 6) is 1.68. The molecule has 1 aliphatic heterocycles. The first kappa shape index (κ1) is 29.3. The molecule has 0 radical (unpaired) electrons. The van der Waals surface area contributed by atoms with E-state index < -0.39 is 0 Å². The number of anilines is 3. The Kier molecular flexibility index (Phi) is 6.64. The fraction of sp³-hybridized carbons (Fsp3) is 0.106. The monoisotopic (exact) mass is 631 g/mol. The van der Waals surface area contributed by atoms with Gasteiger partial charge >= 0.3 is 0 Å². The second-order valence-electron chi connectivity index (χ2n) is 13.9. The highest BCUT2D eigenvalue weighted by Crippen LogP contribution is 2.55.